The van der Waals surface area contributed by atoms with Crippen molar-refractivity contribution >= 4 is 37.2 Å². The molecule has 0 rings (SSSR count). The van der Waals surface area contributed by atoms with Gasteiger partial charge in [0.1, 0.15) is 0 Å². The van der Waals surface area contributed by atoms with Crippen LogP contribution in [0.3, 0.4) is 0 Å². The Labute approximate surface area is 158 Å². The zero-order valence-electron chi connectivity index (χ0n) is 9.03. The van der Waals surface area contributed by atoms with Gasteiger partial charge in [-0.05, 0) is 25.0 Å². The third kappa shape index (κ3) is 51.0. The topological polar surface area (TPSA) is 0 Å². The van der Waals surface area contributed by atoms with Crippen LogP contribution in [0.2, 0.25) is 0 Å². The molecule has 0 aromatic carbocycles. The number of quaternary nitrogens is 1. The van der Waals surface area contributed by atoms with Gasteiger partial charge in [-0.3, -0.25) is 0 Å². The summed E-state index contributed by atoms with van der Waals surface area (Å²) < 4.78 is 0.963. The lowest BCUT2D eigenvalue weighted by Gasteiger charge is -2.30. The van der Waals surface area contributed by atoms with E-state index in [4.69, 9.17) is 0 Å². The van der Waals surface area contributed by atoms with Gasteiger partial charge in [0.15, 0.2) is 0 Å². The minimum Gasteiger partial charge on any atom is -0.322 e. The van der Waals surface area contributed by atoms with Crippen LogP contribution >= 0.6 is 37.2 Å². The molecular formula is C17H48I2N+. The van der Waals surface area contributed by atoms with E-state index in [2.05, 4.69) is 78.3 Å². The van der Waals surface area contributed by atoms with Gasteiger partial charge in [-0.2, -0.15) is 0 Å². The highest BCUT2D eigenvalue weighted by Gasteiger charge is 2.14. The molecule has 0 bridgehead atoms. The van der Waals surface area contributed by atoms with Crippen LogP contribution in [-0.4, -0.2) is 31.7 Å². The Morgan fingerprint density at radius 3 is 0.950 bits per heavy atom. The van der Waals surface area contributed by atoms with Gasteiger partial charge < -0.3 is 4.48 Å². The van der Waals surface area contributed by atoms with Crippen LogP contribution < -0.4 is 0 Å². The summed E-state index contributed by atoms with van der Waals surface area (Å²) in [4.78, 5) is 0. The van der Waals surface area contributed by atoms with E-state index in [-0.39, 0.29) is 52.0 Å². The van der Waals surface area contributed by atoms with Crippen molar-refractivity contribution in [3.63, 3.8) is 0 Å². The molecule has 0 unspecified atom stereocenters. The number of halogens is 2. The summed E-state index contributed by atoms with van der Waals surface area (Å²) in [6.07, 6.45) is 0. The molecule has 0 N–H and O–H groups in total. The van der Waals surface area contributed by atoms with E-state index in [1.807, 2.05) is 0 Å². The van der Waals surface area contributed by atoms with Crippen LogP contribution in [0.5, 0.6) is 0 Å². The first kappa shape index (κ1) is 58.4. The predicted octanol–water partition coefficient (Wildman–Crippen LogP) is 8.44. The van der Waals surface area contributed by atoms with E-state index < -0.39 is 0 Å². The summed E-state index contributed by atoms with van der Waals surface area (Å²) in [6, 6.07) is 0. The fraction of sp³-hybridized carbons (Fsp3) is 0.765. The normalized spacial score (nSPS) is 6.50. The van der Waals surface area contributed by atoms with Gasteiger partial charge in [-0.15, -0.1) is 0 Å². The van der Waals surface area contributed by atoms with Crippen molar-refractivity contribution in [1.82, 2.24) is 0 Å². The van der Waals surface area contributed by atoms with Crippen molar-refractivity contribution < 1.29 is 4.48 Å². The van der Waals surface area contributed by atoms with Gasteiger partial charge in [0.25, 0.3) is 0 Å². The van der Waals surface area contributed by atoms with Crippen molar-refractivity contribution in [3.05, 3.63) is 24.3 Å². The second-order valence-corrected chi connectivity index (χ2v) is 4.17. The van der Waals surface area contributed by atoms with E-state index in [1.165, 1.54) is 11.1 Å². The molecule has 0 fully saturated rings. The van der Waals surface area contributed by atoms with Crippen LogP contribution in [0, 0.1) is 0 Å². The largest absolute Gasteiger partial charge is 0.322 e. The number of hydrogen-bond acceptors (Lipinski definition) is 0. The Hall–Kier alpha value is 0.900. The van der Waals surface area contributed by atoms with Crippen LogP contribution in [0.25, 0.3) is 0 Å². The lowest BCUT2D eigenvalue weighted by atomic mass is 10.2. The van der Waals surface area contributed by atoms with Gasteiger partial charge in [-0.25, -0.2) is 0 Å². The number of nitrogens with zero attached hydrogens (tertiary/aromatic N) is 1. The molecule has 0 radical (unpaired) electrons. The Bertz CT molecular complexity index is 158. The van der Waals surface area contributed by atoms with Gasteiger partial charge in [-0.1, -0.05) is 65.1 Å². The molecule has 0 aliphatic heterocycles. The molecule has 0 heterocycles. The Kier molecular flexibility index (Phi) is 93.6. The van der Waals surface area contributed by atoms with Crippen molar-refractivity contribution in [2.75, 3.05) is 27.2 Å². The fourth-order valence-electron chi connectivity index (χ4n) is 1.52. The van der Waals surface area contributed by atoms with Crippen molar-refractivity contribution in [3.8, 4) is 0 Å². The van der Waals surface area contributed by atoms with Crippen molar-refractivity contribution in [2.45, 2.75) is 65.8 Å². The fourth-order valence-corrected chi connectivity index (χ4v) is 1.52. The highest BCUT2D eigenvalue weighted by molar-refractivity contribution is 15.0. The van der Waals surface area contributed by atoms with Gasteiger partial charge in [0, 0.05) is 37.2 Å². The first-order valence-corrected chi connectivity index (χ1v) is 10.4. The third-order valence-corrected chi connectivity index (χ3v) is 1.40. The Morgan fingerprint density at radius 2 is 0.850 bits per heavy atom. The summed E-state index contributed by atoms with van der Waals surface area (Å²) in [5, 5.41) is 0. The highest BCUT2D eigenvalue weighted by atomic mass is 128. The molecule has 0 aromatic heterocycles. The molecule has 0 aliphatic rings. The van der Waals surface area contributed by atoms with Gasteiger partial charge >= 0.3 is 0 Å². The first-order valence-electron chi connectivity index (χ1n) is 4.08. The number of hydrogen-bond donors (Lipinski definition) is 0. The molecule has 0 aromatic rings. The molecule has 0 saturated carbocycles. The quantitative estimate of drug-likeness (QED) is 0.198. The monoisotopic (exact) mass is 520 g/mol. The third-order valence-electron chi connectivity index (χ3n) is 1.40. The van der Waals surface area contributed by atoms with Crippen LogP contribution in [0.15, 0.2) is 24.3 Å². The van der Waals surface area contributed by atoms with Gasteiger partial charge in [0.05, 0.1) is 27.2 Å². The highest BCUT2D eigenvalue weighted by Crippen LogP contribution is 2.05. The first-order chi connectivity index (χ1) is 5.83. The average molecular weight is 520 g/mol. The van der Waals surface area contributed by atoms with E-state index in [1.54, 1.807) is 0 Å². The predicted molar refractivity (Wildman–Crippen MR) is 127 cm³/mol. The number of rotatable bonds is 4. The standard InChI is InChI=1S/C10H20N.7CH4.I2/c1-9(2)7-11(5,6)8-10(3)4;;;;;;;;1-2/h1,3,7-8H2,2,4-6H3;7*1H4;/q+1;;;;;;;;. The number of likely N-dealkylation sites (N-methyl/N-ethyl adjacent to an activating group) is 1. The van der Waals surface area contributed by atoms with Gasteiger partial charge in [0.2, 0.25) is 0 Å². The molecule has 0 amide bonds. The second-order valence-electron chi connectivity index (χ2n) is 4.17. The maximum Gasteiger partial charge on any atom is 0.0996 e. The SMILES string of the molecule is C.C.C.C.C.C.C.C=C(C)C[N+](C)(C)CC(=C)C.II. The van der Waals surface area contributed by atoms with Crippen LogP contribution in [0.4, 0.5) is 0 Å². The molecule has 0 spiro atoms. The van der Waals surface area contributed by atoms with E-state index in [9.17, 15) is 0 Å². The Morgan fingerprint density at radius 1 is 0.700 bits per heavy atom. The lowest BCUT2D eigenvalue weighted by molar-refractivity contribution is -0.880. The molecule has 134 valence electrons. The Balaban J connectivity index is -0.0000000183. The van der Waals surface area contributed by atoms with Crippen LogP contribution in [0.1, 0.15) is 65.8 Å². The molecule has 0 aliphatic carbocycles. The second kappa shape index (κ2) is 32.0. The molecule has 0 atom stereocenters. The lowest BCUT2D eigenvalue weighted by Crippen LogP contribution is -2.41. The summed E-state index contributed by atoms with van der Waals surface area (Å²) in [5.41, 5.74) is 2.47. The molecule has 1 nitrogen and oxygen atoms in total. The van der Waals surface area contributed by atoms with Crippen molar-refractivity contribution in [1.29, 1.82) is 0 Å². The summed E-state index contributed by atoms with van der Waals surface area (Å²) in [7, 11) is 4.40. The molecule has 0 saturated heterocycles. The maximum atomic E-state index is 3.90. The molecule has 3 heteroatoms. The van der Waals surface area contributed by atoms with Crippen LogP contribution in [-0.2, 0) is 0 Å². The van der Waals surface area contributed by atoms with Crippen molar-refractivity contribution in [2.24, 2.45) is 0 Å². The molecular weight excluding hydrogens is 472 g/mol. The summed E-state index contributed by atoms with van der Waals surface area (Å²) >= 11 is 4.24. The molecule has 20 heavy (non-hydrogen) atoms. The summed E-state index contributed by atoms with van der Waals surface area (Å²) in [6.45, 7) is 14.0. The minimum absolute atomic E-state index is 0. The van der Waals surface area contributed by atoms with E-state index >= 15 is 0 Å². The van der Waals surface area contributed by atoms with E-state index in [0.29, 0.717) is 0 Å². The smallest absolute Gasteiger partial charge is 0.0996 e. The summed E-state index contributed by atoms with van der Waals surface area (Å²) in [5.74, 6) is 0. The minimum atomic E-state index is 0. The maximum absolute atomic E-state index is 3.90. The zero-order chi connectivity index (χ0) is 11.1. The average Bonchev–Trinajstić information content (AvgIpc) is 1.85. The van der Waals surface area contributed by atoms with E-state index in [0.717, 1.165) is 17.6 Å². The zero-order valence-corrected chi connectivity index (χ0v) is 13.3.